The van der Waals surface area contributed by atoms with Crippen molar-refractivity contribution in [3.05, 3.63) is 29.8 Å². The van der Waals surface area contributed by atoms with Crippen LogP contribution in [0.4, 0.5) is 5.69 Å². The highest BCUT2D eigenvalue weighted by Gasteiger charge is 2.16. The van der Waals surface area contributed by atoms with Crippen molar-refractivity contribution >= 4 is 29.9 Å². The molecule has 0 atom stereocenters. The molecule has 116 valence electrons. The third-order valence-electron chi connectivity index (χ3n) is 3.16. The van der Waals surface area contributed by atoms with Gasteiger partial charge in [0.25, 0.3) is 5.91 Å². The summed E-state index contributed by atoms with van der Waals surface area (Å²) < 4.78 is 5.19. The summed E-state index contributed by atoms with van der Waals surface area (Å²) in [5.74, 6) is -0.148. The molecule has 21 heavy (non-hydrogen) atoms. The molecule has 0 saturated carbocycles. The highest BCUT2D eigenvalue weighted by Crippen LogP contribution is 2.05. The SMILES string of the molecule is Cl.Nc1ccc(C(=O)NCCC(=O)N2CCOCC2)cc1. The van der Waals surface area contributed by atoms with Crippen LogP contribution in [0.1, 0.15) is 16.8 Å². The van der Waals surface area contributed by atoms with E-state index in [9.17, 15) is 9.59 Å². The summed E-state index contributed by atoms with van der Waals surface area (Å²) in [6.45, 7) is 2.77. The van der Waals surface area contributed by atoms with Crippen molar-refractivity contribution in [1.29, 1.82) is 0 Å². The number of nitrogens with one attached hydrogen (secondary N) is 1. The maximum Gasteiger partial charge on any atom is 0.251 e. The number of morpholine rings is 1. The largest absolute Gasteiger partial charge is 0.399 e. The second-order valence-electron chi connectivity index (χ2n) is 4.62. The summed E-state index contributed by atoms with van der Waals surface area (Å²) >= 11 is 0. The molecular formula is C14H20ClN3O3. The average molecular weight is 314 g/mol. The van der Waals surface area contributed by atoms with E-state index in [1.165, 1.54) is 0 Å². The number of benzene rings is 1. The van der Waals surface area contributed by atoms with Crippen LogP contribution in [0.25, 0.3) is 0 Å². The molecule has 3 N–H and O–H groups in total. The first-order valence-corrected chi connectivity index (χ1v) is 6.66. The van der Waals surface area contributed by atoms with Gasteiger partial charge in [-0.1, -0.05) is 0 Å². The third kappa shape index (κ3) is 5.24. The molecule has 0 spiro atoms. The highest BCUT2D eigenvalue weighted by atomic mass is 35.5. The first-order valence-electron chi connectivity index (χ1n) is 6.66. The van der Waals surface area contributed by atoms with Gasteiger partial charge in [-0.3, -0.25) is 9.59 Å². The van der Waals surface area contributed by atoms with Crippen LogP contribution in [0.5, 0.6) is 0 Å². The predicted molar refractivity (Wildman–Crippen MR) is 82.5 cm³/mol. The standard InChI is InChI=1S/C14H19N3O3.ClH/c15-12-3-1-11(2-4-12)14(19)16-6-5-13(18)17-7-9-20-10-8-17;/h1-4H,5-10,15H2,(H,16,19);1H. The number of rotatable bonds is 4. The van der Waals surface area contributed by atoms with Crippen molar-refractivity contribution < 1.29 is 14.3 Å². The van der Waals surface area contributed by atoms with Crippen LogP contribution in [0.3, 0.4) is 0 Å². The lowest BCUT2D eigenvalue weighted by molar-refractivity contribution is -0.135. The van der Waals surface area contributed by atoms with Gasteiger partial charge < -0.3 is 20.7 Å². The molecule has 6 nitrogen and oxygen atoms in total. The molecule has 0 aliphatic carbocycles. The van der Waals surface area contributed by atoms with E-state index in [1.54, 1.807) is 29.2 Å². The molecular weight excluding hydrogens is 294 g/mol. The Kier molecular flexibility index (Phi) is 6.98. The quantitative estimate of drug-likeness (QED) is 0.800. The second-order valence-corrected chi connectivity index (χ2v) is 4.62. The Bertz CT molecular complexity index is 473. The fourth-order valence-corrected chi connectivity index (χ4v) is 1.99. The maximum absolute atomic E-state index is 11.9. The third-order valence-corrected chi connectivity index (χ3v) is 3.16. The van der Waals surface area contributed by atoms with Gasteiger partial charge in [0, 0.05) is 37.3 Å². The van der Waals surface area contributed by atoms with Crippen molar-refractivity contribution in [1.82, 2.24) is 10.2 Å². The smallest absolute Gasteiger partial charge is 0.251 e. The van der Waals surface area contributed by atoms with E-state index in [2.05, 4.69) is 5.32 Å². The molecule has 1 aliphatic heterocycles. The van der Waals surface area contributed by atoms with Gasteiger partial charge in [0.15, 0.2) is 0 Å². The van der Waals surface area contributed by atoms with Crippen molar-refractivity contribution in [2.24, 2.45) is 0 Å². The number of carbonyl (C=O) groups excluding carboxylic acids is 2. The first-order chi connectivity index (χ1) is 9.66. The maximum atomic E-state index is 11.9. The van der Waals surface area contributed by atoms with Gasteiger partial charge in [-0.2, -0.15) is 0 Å². The molecule has 0 unspecified atom stereocenters. The van der Waals surface area contributed by atoms with E-state index in [0.717, 1.165) is 0 Å². The number of halogens is 1. The first kappa shape index (κ1) is 17.3. The Morgan fingerprint density at radius 1 is 1.19 bits per heavy atom. The van der Waals surface area contributed by atoms with Crippen LogP contribution >= 0.6 is 12.4 Å². The summed E-state index contributed by atoms with van der Waals surface area (Å²) in [5.41, 5.74) is 6.71. The van der Waals surface area contributed by atoms with Crippen molar-refractivity contribution in [2.75, 3.05) is 38.6 Å². The molecule has 1 aromatic rings. The fourth-order valence-electron chi connectivity index (χ4n) is 1.99. The lowest BCUT2D eigenvalue weighted by Gasteiger charge is -2.26. The molecule has 2 amide bonds. The van der Waals surface area contributed by atoms with Crippen LogP contribution in [-0.4, -0.2) is 49.6 Å². The monoisotopic (exact) mass is 313 g/mol. The number of anilines is 1. The molecule has 1 aliphatic rings. The molecule has 2 rings (SSSR count). The van der Waals surface area contributed by atoms with Gasteiger partial charge >= 0.3 is 0 Å². The second kappa shape index (κ2) is 8.49. The van der Waals surface area contributed by atoms with Gasteiger partial charge in [-0.15, -0.1) is 12.4 Å². The summed E-state index contributed by atoms with van der Waals surface area (Å²) in [6.07, 6.45) is 0.306. The van der Waals surface area contributed by atoms with Crippen LogP contribution in [0.2, 0.25) is 0 Å². The normalized spacial score (nSPS) is 14.2. The van der Waals surface area contributed by atoms with Gasteiger partial charge in [0.05, 0.1) is 13.2 Å². The number of ether oxygens (including phenoxy) is 1. The molecule has 0 bridgehead atoms. The number of amides is 2. The summed E-state index contributed by atoms with van der Waals surface area (Å²) in [7, 11) is 0. The van der Waals surface area contributed by atoms with E-state index in [1.807, 2.05) is 0 Å². The molecule has 1 fully saturated rings. The number of nitrogens with zero attached hydrogens (tertiary/aromatic N) is 1. The van der Waals surface area contributed by atoms with Gasteiger partial charge in [0.1, 0.15) is 0 Å². The van der Waals surface area contributed by atoms with Crippen LogP contribution in [-0.2, 0) is 9.53 Å². The fraction of sp³-hybridized carbons (Fsp3) is 0.429. The van der Waals surface area contributed by atoms with E-state index in [0.29, 0.717) is 50.5 Å². The molecule has 1 aromatic carbocycles. The Labute approximate surface area is 130 Å². The highest BCUT2D eigenvalue weighted by molar-refractivity contribution is 5.94. The zero-order chi connectivity index (χ0) is 14.4. The average Bonchev–Trinajstić information content (AvgIpc) is 2.48. The summed E-state index contributed by atoms with van der Waals surface area (Å²) in [6, 6.07) is 6.67. The minimum atomic E-state index is -0.195. The van der Waals surface area contributed by atoms with Gasteiger partial charge in [-0.25, -0.2) is 0 Å². The Hall–Kier alpha value is -1.79. The minimum Gasteiger partial charge on any atom is -0.399 e. The van der Waals surface area contributed by atoms with Gasteiger partial charge in [-0.05, 0) is 24.3 Å². The Morgan fingerprint density at radius 3 is 2.43 bits per heavy atom. The molecule has 7 heteroatoms. The number of carbonyl (C=O) groups is 2. The van der Waals surface area contributed by atoms with E-state index in [4.69, 9.17) is 10.5 Å². The Morgan fingerprint density at radius 2 is 1.81 bits per heavy atom. The Balaban J connectivity index is 0.00000220. The van der Waals surface area contributed by atoms with Crippen molar-refractivity contribution in [3.63, 3.8) is 0 Å². The number of hydrogen-bond acceptors (Lipinski definition) is 4. The molecule has 1 saturated heterocycles. The van der Waals surface area contributed by atoms with E-state index < -0.39 is 0 Å². The minimum absolute atomic E-state index is 0. The van der Waals surface area contributed by atoms with Crippen LogP contribution < -0.4 is 11.1 Å². The molecule has 0 radical (unpaired) electrons. The zero-order valence-electron chi connectivity index (χ0n) is 11.7. The lowest BCUT2D eigenvalue weighted by Crippen LogP contribution is -2.42. The van der Waals surface area contributed by atoms with Crippen molar-refractivity contribution in [3.8, 4) is 0 Å². The number of nitrogen functional groups attached to an aromatic ring is 1. The van der Waals surface area contributed by atoms with Crippen LogP contribution in [0, 0.1) is 0 Å². The molecule has 1 heterocycles. The van der Waals surface area contributed by atoms with Gasteiger partial charge in [0.2, 0.25) is 5.91 Å². The van der Waals surface area contributed by atoms with E-state index in [-0.39, 0.29) is 24.2 Å². The molecule has 0 aromatic heterocycles. The summed E-state index contributed by atoms with van der Waals surface area (Å²) in [4.78, 5) is 25.4. The number of hydrogen-bond donors (Lipinski definition) is 2. The van der Waals surface area contributed by atoms with Crippen molar-refractivity contribution in [2.45, 2.75) is 6.42 Å². The van der Waals surface area contributed by atoms with Crippen LogP contribution in [0.15, 0.2) is 24.3 Å². The summed E-state index contributed by atoms with van der Waals surface area (Å²) in [5, 5.41) is 2.73. The van der Waals surface area contributed by atoms with E-state index >= 15 is 0 Å². The topological polar surface area (TPSA) is 84.7 Å². The predicted octanol–water partition coefficient (Wildman–Crippen LogP) is 0.669. The number of nitrogens with two attached hydrogens (primary N) is 1. The lowest BCUT2D eigenvalue weighted by atomic mass is 10.2. The zero-order valence-corrected chi connectivity index (χ0v) is 12.5.